The minimum Gasteiger partial charge on any atom is -0.496 e. The van der Waals surface area contributed by atoms with Gasteiger partial charge < -0.3 is 9.47 Å². The number of hydrogen-bond acceptors (Lipinski definition) is 4. The second kappa shape index (κ2) is 3.49. The predicted molar refractivity (Wildman–Crippen MR) is 52.6 cm³/mol. The van der Waals surface area contributed by atoms with Crippen molar-refractivity contribution >= 4 is 10.9 Å². The van der Waals surface area contributed by atoms with E-state index in [0.29, 0.717) is 0 Å². The van der Waals surface area contributed by atoms with Crippen molar-refractivity contribution in [3.05, 3.63) is 24.7 Å². The van der Waals surface area contributed by atoms with Crippen LogP contribution in [-0.2, 0) is 0 Å². The molecule has 0 unspecified atom stereocenters. The first-order valence-corrected chi connectivity index (χ1v) is 4.17. The number of benzene rings is 1. The zero-order valence-corrected chi connectivity index (χ0v) is 8.02. The molecule has 0 amide bonds. The van der Waals surface area contributed by atoms with Gasteiger partial charge in [0.05, 0.1) is 19.6 Å². The fourth-order valence-corrected chi connectivity index (χ4v) is 1.37. The van der Waals surface area contributed by atoms with Gasteiger partial charge in [0.25, 0.3) is 0 Å². The molecule has 0 saturated carbocycles. The first kappa shape index (κ1) is 8.74. The average molecular weight is 190 g/mol. The summed E-state index contributed by atoms with van der Waals surface area (Å²) in [6, 6.07) is 3.67. The van der Waals surface area contributed by atoms with Gasteiger partial charge in [0.15, 0.2) is 0 Å². The van der Waals surface area contributed by atoms with Gasteiger partial charge in [0, 0.05) is 6.20 Å². The average Bonchev–Trinajstić information content (AvgIpc) is 2.27. The molecular formula is C10H10N2O2. The maximum atomic E-state index is 5.19. The molecule has 0 atom stereocenters. The zero-order valence-electron chi connectivity index (χ0n) is 8.02. The molecular weight excluding hydrogens is 180 g/mol. The number of fused-ring (bicyclic) bond motifs is 1. The Morgan fingerprint density at radius 1 is 1.07 bits per heavy atom. The van der Waals surface area contributed by atoms with Crippen molar-refractivity contribution in [3.63, 3.8) is 0 Å². The van der Waals surface area contributed by atoms with Crippen LogP contribution in [0.2, 0.25) is 0 Å². The Hall–Kier alpha value is -1.84. The summed E-state index contributed by atoms with van der Waals surface area (Å²) in [6.07, 6.45) is 3.20. The summed E-state index contributed by atoms with van der Waals surface area (Å²) < 4.78 is 10.4. The van der Waals surface area contributed by atoms with Gasteiger partial charge in [-0.2, -0.15) is 0 Å². The van der Waals surface area contributed by atoms with E-state index in [1.807, 2.05) is 12.1 Å². The van der Waals surface area contributed by atoms with Crippen molar-refractivity contribution in [1.29, 1.82) is 0 Å². The van der Waals surface area contributed by atoms with Gasteiger partial charge in [-0.25, -0.2) is 9.97 Å². The van der Waals surface area contributed by atoms with Gasteiger partial charge in [-0.1, -0.05) is 0 Å². The van der Waals surface area contributed by atoms with Crippen LogP contribution in [-0.4, -0.2) is 24.2 Å². The summed E-state index contributed by atoms with van der Waals surface area (Å²) in [6.45, 7) is 0. The van der Waals surface area contributed by atoms with Crippen LogP contribution in [0, 0.1) is 0 Å². The van der Waals surface area contributed by atoms with Crippen LogP contribution in [0.5, 0.6) is 11.5 Å². The first-order chi connectivity index (χ1) is 6.86. The molecule has 1 aromatic carbocycles. The lowest BCUT2D eigenvalue weighted by molar-refractivity contribution is 0.409. The SMILES string of the molecule is COc1ccc(OC)c2ncncc12. The number of rotatable bonds is 2. The molecule has 14 heavy (non-hydrogen) atoms. The molecule has 0 aliphatic carbocycles. The molecule has 0 radical (unpaired) electrons. The molecule has 2 aromatic rings. The Bertz CT molecular complexity index is 414. The van der Waals surface area contributed by atoms with E-state index in [0.717, 1.165) is 22.4 Å². The van der Waals surface area contributed by atoms with Gasteiger partial charge in [-0.05, 0) is 12.1 Å². The van der Waals surface area contributed by atoms with Crippen molar-refractivity contribution in [2.24, 2.45) is 0 Å². The number of nitrogens with zero attached hydrogens (tertiary/aromatic N) is 2. The summed E-state index contributed by atoms with van der Waals surface area (Å²) in [5.41, 5.74) is 0.766. The molecule has 0 aliphatic rings. The van der Waals surface area contributed by atoms with E-state index in [4.69, 9.17) is 9.47 Å². The molecule has 72 valence electrons. The van der Waals surface area contributed by atoms with Gasteiger partial charge in [-0.3, -0.25) is 0 Å². The number of ether oxygens (including phenoxy) is 2. The highest BCUT2D eigenvalue weighted by molar-refractivity contribution is 5.89. The van der Waals surface area contributed by atoms with Crippen molar-refractivity contribution in [3.8, 4) is 11.5 Å². The summed E-state index contributed by atoms with van der Waals surface area (Å²) in [4.78, 5) is 8.09. The lowest BCUT2D eigenvalue weighted by atomic mass is 10.2. The van der Waals surface area contributed by atoms with Crippen LogP contribution in [0.15, 0.2) is 24.7 Å². The maximum absolute atomic E-state index is 5.19. The molecule has 4 nitrogen and oxygen atoms in total. The summed E-state index contributed by atoms with van der Waals surface area (Å²) in [5.74, 6) is 1.48. The highest BCUT2D eigenvalue weighted by Gasteiger charge is 2.07. The van der Waals surface area contributed by atoms with Crippen molar-refractivity contribution in [1.82, 2.24) is 9.97 Å². The molecule has 4 heteroatoms. The minimum absolute atomic E-state index is 0.725. The third kappa shape index (κ3) is 1.25. The number of hydrogen-bond donors (Lipinski definition) is 0. The molecule has 0 fully saturated rings. The number of aromatic nitrogens is 2. The van der Waals surface area contributed by atoms with Crippen LogP contribution < -0.4 is 9.47 Å². The molecule has 0 saturated heterocycles. The lowest BCUT2D eigenvalue weighted by Gasteiger charge is -2.07. The lowest BCUT2D eigenvalue weighted by Crippen LogP contribution is -1.91. The van der Waals surface area contributed by atoms with Crippen molar-refractivity contribution in [2.75, 3.05) is 14.2 Å². The standard InChI is InChI=1S/C10H10N2O2/c1-13-8-3-4-9(14-2)10-7(8)5-11-6-12-10/h3-6H,1-2H3. The third-order valence-corrected chi connectivity index (χ3v) is 2.04. The van der Waals surface area contributed by atoms with Gasteiger partial charge in [-0.15, -0.1) is 0 Å². The molecule has 0 N–H and O–H groups in total. The summed E-state index contributed by atoms with van der Waals surface area (Å²) in [7, 11) is 3.23. The highest BCUT2D eigenvalue weighted by atomic mass is 16.5. The second-order valence-corrected chi connectivity index (χ2v) is 2.76. The van der Waals surface area contributed by atoms with Crippen LogP contribution in [0.1, 0.15) is 0 Å². The minimum atomic E-state index is 0.725. The smallest absolute Gasteiger partial charge is 0.145 e. The normalized spacial score (nSPS) is 10.1. The monoisotopic (exact) mass is 190 g/mol. The topological polar surface area (TPSA) is 44.2 Å². The fraction of sp³-hybridized carbons (Fsp3) is 0.200. The Morgan fingerprint density at radius 2 is 1.79 bits per heavy atom. The molecule has 0 bridgehead atoms. The molecule has 1 heterocycles. The second-order valence-electron chi connectivity index (χ2n) is 2.76. The van der Waals surface area contributed by atoms with Gasteiger partial charge in [0.2, 0.25) is 0 Å². The van der Waals surface area contributed by atoms with E-state index in [1.54, 1.807) is 20.4 Å². The fourth-order valence-electron chi connectivity index (χ4n) is 1.37. The van der Waals surface area contributed by atoms with Crippen LogP contribution in [0.4, 0.5) is 0 Å². The van der Waals surface area contributed by atoms with E-state index >= 15 is 0 Å². The van der Waals surface area contributed by atoms with Crippen LogP contribution in [0.3, 0.4) is 0 Å². The summed E-state index contributed by atoms with van der Waals surface area (Å²) in [5, 5.41) is 0.856. The zero-order chi connectivity index (χ0) is 9.97. The predicted octanol–water partition coefficient (Wildman–Crippen LogP) is 1.65. The maximum Gasteiger partial charge on any atom is 0.145 e. The highest BCUT2D eigenvalue weighted by Crippen LogP contribution is 2.30. The molecule has 2 rings (SSSR count). The van der Waals surface area contributed by atoms with Crippen molar-refractivity contribution in [2.45, 2.75) is 0 Å². The van der Waals surface area contributed by atoms with E-state index in [9.17, 15) is 0 Å². The largest absolute Gasteiger partial charge is 0.496 e. The summed E-state index contributed by atoms with van der Waals surface area (Å²) >= 11 is 0. The molecule has 1 aromatic heterocycles. The van der Waals surface area contributed by atoms with Crippen LogP contribution >= 0.6 is 0 Å². The van der Waals surface area contributed by atoms with E-state index in [1.165, 1.54) is 6.33 Å². The van der Waals surface area contributed by atoms with Crippen LogP contribution in [0.25, 0.3) is 10.9 Å². The van der Waals surface area contributed by atoms with Crippen molar-refractivity contribution < 1.29 is 9.47 Å². The molecule has 0 aliphatic heterocycles. The van der Waals surface area contributed by atoms with E-state index < -0.39 is 0 Å². The molecule has 0 spiro atoms. The van der Waals surface area contributed by atoms with Gasteiger partial charge >= 0.3 is 0 Å². The quantitative estimate of drug-likeness (QED) is 0.722. The van der Waals surface area contributed by atoms with E-state index in [-0.39, 0.29) is 0 Å². The Morgan fingerprint density at radius 3 is 2.50 bits per heavy atom. The van der Waals surface area contributed by atoms with E-state index in [2.05, 4.69) is 9.97 Å². The Balaban J connectivity index is 2.78. The number of methoxy groups -OCH3 is 2. The Labute approximate surface area is 81.5 Å². The first-order valence-electron chi connectivity index (χ1n) is 4.17. The van der Waals surface area contributed by atoms with Gasteiger partial charge in [0.1, 0.15) is 23.3 Å². The third-order valence-electron chi connectivity index (χ3n) is 2.04. The Kier molecular flexibility index (Phi) is 2.18.